The summed E-state index contributed by atoms with van der Waals surface area (Å²) in [6.45, 7) is 0. The standard InChI is InChI=1S/C19H16BrN3O3/c20-13-8-4-5-11(9-13)15-14(10-21)19(26,12-6-2-1-3-7-12)23-18(25)16(15)17(22)24/h1-9,14-16,26H,(H2,22,24)(H,23,25)/t14-,15-,16+,19-/m1/s1. The number of aliphatic hydroxyl groups is 1. The van der Waals surface area contributed by atoms with Gasteiger partial charge in [-0.3, -0.25) is 9.59 Å². The van der Waals surface area contributed by atoms with Crippen molar-refractivity contribution in [3.8, 4) is 6.07 Å². The van der Waals surface area contributed by atoms with Crippen LogP contribution in [0.2, 0.25) is 0 Å². The summed E-state index contributed by atoms with van der Waals surface area (Å²) in [6, 6.07) is 17.4. The molecular formula is C19H16BrN3O3. The van der Waals surface area contributed by atoms with Crippen LogP contribution in [0.3, 0.4) is 0 Å². The molecule has 1 saturated heterocycles. The minimum Gasteiger partial charge on any atom is -0.369 e. The van der Waals surface area contributed by atoms with Gasteiger partial charge in [-0.05, 0) is 17.7 Å². The van der Waals surface area contributed by atoms with Crippen LogP contribution in [0.1, 0.15) is 17.0 Å². The van der Waals surface area contributed by atoms with Crippen LogP contribution in [0, 0.1) is 23.2 Å². The van der Waals surface area contributed by atoms with E-state index in [1.165, 1.54) is 0 Å². The number of nitrogens with two attached hydrogens (primary N) is 1. The third kappa shape index (κ3) is 2.98. The first kappa shape index (κ1) is 18.1. The maximum absolute atomic E-state index is 12.7. The maximum atomic E-state index is 12.7. The first-order valence-corrected chi connectivity index (χ1v) is 8.72. The maximum Gasteiger partial charge on any atom is 0.235 e. The van der Waals surface area contributed by atoms with Gasteiger partial charge in [-0.1, -0.05) is 58.4 Å². The van der Waals surface area contributed by atoms with E-state index in [-0.39, 0.29) is 0 Å². The van der Waals surface area contributed by atoms with E-state index in [0.717, 1.165) is 4.47 Å². The summed E-state index contributed by atoms with van der Waals surface area (Å²) in [5.41, 5.74) is 4.46. The molecule has 6 nitrogen and oxygen atoms in total. The number of benzene rings is 2. The number of carbonyl (C=O) groups excluding carboxylic acids is 2. The number of nitrogens with one attached hydrogen (secondary N) is 1. The van der Waals surface area contributed by atoms with Crippen molar-refractivity contribution < 1.29 is 14.7 Å². The summed E-state index contributed by atoms with van der Waals surface area (Å²) in [5, 5.41) is 23.5. The molecule has 0 saturated carbocycles. The second-order valence-electron chi connectivity index (χ2n) is 6.19. The van der Waals surface area contributed by atoms with Gasteiger partial charge in [0.05, 0.1) is 6.07 Å². The Morgan fingerprint density at radius 3 is 2.50 bits per heavy atom. The minimum atomic E-state index is -1.94. The van der Waals surface area contributed by atoms with Gasteiger partial charge in [0.2, 0.25) is 11.8 Å². The van der Waals surface area contributed by atoms with E-state index in [2.05, 4.69) is 27.3 Å². The topological polar surface area (TPSA) is 116 Å². The molecule has 26 heavy (non-hydrogen) atoms. The van der Waals surface area contributed by atoms with Crippen LogP contribution in [-0.4, -0.2) is 16.9 Å². The molecule has 0 aromatic heterocycles. The number of rotatable bonds is 3. The number of nitrogens with zero attached hydrogens (tertiary/aromatic N) is 1. The molecule has 1 aliphatic rings. The molecule has 0 spiro atoms. The number of piperidine rings is 1. The minimum absolute atomic E-state index is 0.364. The number of halogens is 1. The van der Waals surface area contributed by atoms with Crippen molar-refractivity contribution in [3.63, 3.8) is 0 Å². The van der Waals surface area contributed by atoms with Gasteiger partial charge in [0, 0.05) is 16.0 Å². The zero-order valence-electron chi connectivity index (χ0n) is 13.6. The van der Waals surface area contributed by atoms with Crippen molar-refractivity contribution >= 4 is 27.7 Å². The number of carbonyl (C=O) groups is 2. The molecule has 2 amide bonds. The SMILES string of the molecule is N#C[C@@H]1[C@@H](c2cccc(Br)c2)[C@@H](C(N)=O)C(=O)N[C@@]1(O)c1ccccc1. The highest BCUT2D eigenvalue weighted by Crippen LogP contribution is 2.45. The number of hydrogen-bond donors (Lipinski definition) is 3. The summed E-state index contributed by atoms with van der Waals surface area (Å²) < 4.78 is 0.726. The molecule has 2 aromatic rings. The molecule has 132 valence electrons. The van der Waals surface area contributed by atoms with Crippen molar-refractivity contribution in [2.75, 3.05) is 0 Å². The van der Waals surface area contributed by atoms with Gasteiger partial charge >= 0.3 is 0 Å². The fourth-order valence-corrected chi connectivity index (χ4v) is 3.90. The third-order valence-corrected chi connectivity index (χ3v) is 5.15. The average Bonchev–Trinajstić information content (AvgIpc) is 2.61. The zero-order chi connectivity index (χ0) is 18.9. The van der Waals surface area contributed by atoms with Crippen LogP contribution in [0.4, 0.5) is 0 Å². The Labute approximate surface area is 158 Å². The Bertz CT molecular complexity index is 896. The Kier molecular flexibility index (Phi) is 4.81. The van der Waals surface area contributed by atoms with Crippen molar-refractivity contribution in [1.82, 2.24) is 5.32 Å². The van der Waals surface area contributed by atoms with Crippen LogP contribution >= 0.6 is 15.9 Å². The number of primary amides is 1. The Morgan fingerprint density at radius 1 is 1.23 bits per heavy atom. The first-order chi connectivity index (χ1) is 12.4. The molecule has 0 unspecified atom stereocenters. The molecule has 4 atom stereocenters. The summed E-state index contributed by atoms with van der Waals surface area (Å²) in [5.74, 6) is -4.83. The summed E-state index contributed by atoms with van der Waals surface area (Å²) in [6.07, 6.45) is 0. The van der Waals surface area contributed by atoms with Gasteiger partial charge in [-0.25, -0.2) is 0 Å². The van der Waals surface area contributed by atoms with Gasteiger partial charge in [0.15, 0.2) is 5.72 Å². The predicted molar refractivity (Wildman–Crippen MR) is 97.2 cm³/mol. The number of amides is 2. The molecule has 1 heterocycles. The molecule has 1 fully saturated rings. The first-order valence-electron chi connectivity index (χ1n) is 7.93. The second-order valence-corrected chi connectivity index (χ2v) is 7.10. The van der Waals surface area contributed by atoms with Gasteiger partial charge in [-0.15, -0.1) is 0 Å². The van der Waals surface area contributed by atoms with Gasteiger partial charge < -0.3 is 16.2 Å². The molecule has 0 radical (unpaired) electrons. The average molecular weight is 414 g/mol. The highest BCUT2D eigenvalue weighted by molar-refractivity contribution is 9.10. The van der Waals surface area contributed by atoms with Crippen molar-refractivity contribution in [1.29, 1.82) is 5.26 Å². The normalized spacial score (nSPS) is 28.0. The summed E-state index contributed by atoms with van der Waals surface area (Å²) in [7, 11) is 0. The molecule has 7 heteroatoms. The quantitative estimate of drug-likeness (QED) is 0.664. The van der Waals surface area contributed by atoms with Crippen LogP contribution in [-0.2, 0) is 15.3 Å². The Morgan fingerprint density at radius 2 is 1.92 bits per heavy atom. The lowest BCUT2D eigenvalue weighted by molar-refractivity contribution is -0.153. The van der Waals surface area contributed by atoms with E-state index in [4.69, 9.17) is 5.73 Å². The highest BCUT2D eigenvalue weighted by atomic mass is 79.9. The van der Waals surface area contributed by atoms with Gasteiger partial charge in [0.1, 0.15) is 11.8 Å². The summed E-state index contributed by atoms with van der Waals surface area (Å²) in [4.78, 5) is 24.7. The van der Waals surface area contributed by atoms with Gasteiger partial charge in [-0.2, -0.15) is 5.26 Å². The van der Waals surface area contributed by atoms with Crippen LogP contribution in [0.25, 0.3) is 0 Å². The predicted octanol–water partition coefficient (Wildman–Crippen LogP) is 1.75. The van der Waals surface area contributed by atoms with E-state index in [1.54, 1.807) is 54.6 Å². The van der Waals surface area contributed by atoms with E-state index < -0.39 is 35.3 Å². The van der Waals surface area contributed by atoms with Crippen molar-refractivity contribution in [2.45, 2.75) is 11.6 Å². The Hall–Kier alpha value is -2.69. The molecular weight excluding hydrogens is 398 g/mol. The van der Waals surface area contributed by atoms with Crippen LogP contribution in [0.15, 0.2) is 59.1 Å². The Balaban J connectivity index is 2.20. The van der Waals surface area contributed by atoms with E-state index >= 15 is 0 Å². The monoisotopic (exact) mass is 413 g/mol. The molecule has 0 bridgehead atoms. The highest BCUT2D eigenvalue weighted by Gasteiger charge is 2.55. The third-order valence-electron chi connectivity index (χ3n) is 4.66. The molecule has 4 N–H and O–H groups in total. The van der Waals surface area contributed by atoms with E-state index in [1.807, 2.05) is 0 Å². The lowest BCUT2D eigenvalue weighted by atomic mass is 9.67. The van der Waals surface area contributed by atoms with Crippen molar-refractivity contribution in [3.05, 3.63) is 70.2 Å². The van der Waals surface area contributed by atoms with Gasteiger partial charge in [0.25, 0.3) is 0 Å². The zero-order valence-corrected chi connectivity index (χ0v) is 15.2. The van der Waals surface area contributed by atoms with Crippen LogP contribution < -0.4 is 11.1 Å². The number of hydrogen-bond acceptors (Lipinski definition) is 4. The summed E-state index contributed by atoms with van der Waals surface area (Å²) >= 11 is 3.35. The lowest BCUT2D eigenvalue weighted by Gasteiger charge is -2.44. The van der Waals surface area contributed by atoms with E-state index in [9.17, 15) is 20.0 Å². The smallest absolute Gasteiger partial charge is 0.235 e. The molecule has 0 aliphatic carbocycles. The lowest BCUT2D eigenvalue weighted by Crippen LogP contribution is -2.62. The number of nitriles is 1. The van der Waals surface area contributed by atoms with Crippen LogP contribution in [0.5, 0.6) is 0 Å². The van der Waals surface area contributed by atoms with Crippen molar-refractivity contribution in [2.24, 2.45) is 17.6 Å². The molecule has 1 aliphatic heterocycles. The fraction of sp³-hybridized carbons (Fsp3) is 0.211. The second kappa shape index (κ2) is 6.90. The fourth-order valence-electron chi connectivity index (χ4n) is 3.48. The van der Waals surface area contributed by atoms with E-state index in [0.29, 0.717) is 11.1 Å². The largest absolute Gasteiger partial charge is 0.369 e. The molecule has 2 aromatic carbocycles. The molecule has 3 rings (SSSR count).